The molecule has 0 amide bonds. The largest absolute Gasteiger partial charge is 0.389 e. The van der Waals surface area contributed by atoms with Crippen molar-refractivity contribution in [3.63, 3.8) is 0 Å². The molecule has 0 saturated carbocycles. The van der Waals surface area contributed by atoms with Crippen LogP contribution in [-0.2, 0) is 10.0 Å². The molecule has 1 N–H and O–H groups in total. The Balaban J connectivity index is 4.55. The lowest BCUT2D eigenvalue weighted by Crippen LogP contribution is -2.42. The lowest BCUT2D eigenvalue weighted by Gasteiger charge is -2.26. The van der Waals surface area contributed by atoms with E-state index in [2.05, 4.69) is 0 Å². The summed E-state index contributed by atoms with van der Waals surface area (Å²) in [6.45, 7) is 7.11. The summed E-state index contributed by atoms with van der Waals surface area (Å²) >= 11 is 0. The van der Waals surface area contributed by atoms with Crippen molar-refractivity contribution in [3.8, 4) is 0 Å². The van der Waals surface area contributed by atoms with E-state index in [1.54, 1.807) is 27.7 Å². The molecular weight excluding hydrogens is 190 g/mol. The fourth-order valence-corrected chi connectivity index (χ4v) is 2.29. The molecule has 0 radical (unpaired) electrons. The Hall–Kier alpha value is -0.130. The van der Waals surface area contributed by atoms with E-state index in [1.165, 1.54) is 4.31 Å². The average molecular weight is 209 g/mol. The van der Waals surface area contributed by atoms with Crippen LogP contribution in [-0.4, -0.2) is 42.3 Å². The molecular formula is C8H19NO3S. The van der Waals surface area contributed by atoms with E-state index in [1.807, 2.05) is 0 Å². The van der Waals surface area contributed by atoms with Crippen molar-refractivity contribution >= 4 is 10.0 Å². The van der Waals surface area contributed by atoms with Gasteiger partial charge in [0.2, 0.25) is 10.0 Å². The summed E-state index contributed by atoms with van der Waals surface area (Å²) in [5.41, 5.74) is -0.974. The van der Waals surface area contributed by atoms with Gasteiger partial charge in [0.15, 0.2) is 0 Å². The van der Waals surface area contributed by atoms with Gasteiger partial charge in [0.1, 0.15) is 0 Å². The topological polar surface area (TPSA) is 57.6 Å². The van der Waals surface area contributed by atoms with Gasteiger partial charge >= 0.3 is 0 Å². The smallest absolute Gasteiger partial charge is 0.213 e. The van der Waals surface area contributed by atoms with Crippen molar-refractivity contribution in [1.82, 2.24) is 4.31 Å². The number of hydrogen-bond donors (Lipinski definition) is 1. The Morgan fingerprint density at radius 1 is 1.31 bits per heavy atom. The first kappa shape index (κ1) is 12.9. The number of nitrogens with zero attached hydrogens (tertiary/aromatic N) is 1. The Labute approximate surface area is 80.6 Å². The predicted molar refractivity (Wildman–Crippen MR) is 53.0 cm³/mol. The summed E-state index contributed by atoms with van der Waals surface area (Å²) in [7, 11) is -3.17. The maximum Gasteiger partial charge on any atom is 0.213 e. The fourth-order valence-electron chi connectivity index (χ4n) is 1.02. The highest BCUT2D eigenvalue weighted by atomic mass is 32.2. The minimum atomic E-state index is -3.17. The summed E-state index contributed by atoms with van der Waals surface area (Å²) in [4.78, 5) is 0. The maximum absolute atomic E-state index is 11.4. The van der Waals surface area contributed by atoms with E-state index in [9.17, 15) is 13.5 Å². The van der Waals surface area contributed by atoms with Crippen LogP contribution in [0.5, 0.6) is 0 Å². The SMILES string of the molecule is CCN(CC(C)(C)O)S(=O)(=O)CC. The molecule has 13 heavy (non-hydrogen) atoms. The van der Waals surface area contributed by atoms with Crippen LogP contribution in [0.4, 0.5) is 0 Å². The van der Waals surface area contributed by atoms with Crippen molar-refractivity contribution < 1.29 is 13.5 Å². The van der Waals surface area contributed by atoms with Crippen LogP contribution in [0.3, 0.4) is 0 Å². The molecule has 0 aromatic rings. The normalized spacial score (nSPS) is 13.7. The van der Waals surface area contributed by atoms with Crippen LogP contribution in [0.2, 0.25) is 0 Å². The minimum Gasteiger partial charge on any atom is -0.389 e. The van der Waals surface area contributed by atoms with Gasteiger partial charge in [0.05, 0.1) is 11.4 Å². The molecule has 0 saturated heterocycles. The van der Waals surface area contributed by atoms with Crippen LogP contribution in [0.1, 0.15) is 27.7 Å². The Bertz CT molecular complexity index is 241. The van der Waals surface area contributed by atoms with Crippen molar-refractivity contribution in [3.05, 3.63) is 0 Å². The summed E-state index contributed by atoms with van der Waals surface area (Å²) in [6, 6.07) is 0. The van der Waals surface area contributed by atoms with Gasteiger partial charge in [-0.3, -0.25) is 0 Å². The zero-order valence-electron chi connectivity index (χ0n) is 8.74. The van der Waals surface area contributed by atoms with Gasteiger partial charge in [-0.05, 0) is 20.8 Å². The number of sulfonamides is 1. The number of likely N-dealkylation sites (N-methyl/N-ethyl adjacent to an activating group) is 1. The third-order valence-corrected chi connectivity index (χ3v) is 3.58. The fraction of sp³-hybridized carbons (Fsp3) is 1.00. The lowest BCUT2D eigenvalue weighted by atomic mass is 10.1. The predicted octanol–water partition coefficient (Wildman–Crippen LogP) is 0.429. The summed E-state index contributed by atoms with van der Waals surface area (Å²) in [6.07, 6.45) is 0. The molecule has 0 unspecified atom stereocenters. The highest BCUT2D eigenvalue weighted by molar-refractivity contribution is 7.89. The first-order chi connectivity index (χ1) is 5.73. The molecule has 0 bridgehead atoms. The van der Waals surface area contributed by atoms with Gasteiger partial charge in [0.25, 0.3) is 0 Å². The lowest BCUT2D eigenvalue weighted by molar-refractivity contribution is 0.0602. The third kappa shape index (κ3) is 4.59. The van der Waals surface area contributed by atoms with Gasteiger partial charge in [-0.15, -0.1) is 0 Å². The highest BCUT2D eigenvalue weighted by Gasteiger charge is 2.24. The van der Waals surface area contributed by atoms with Gasteiger partial charge in [-0.25, -0.2) is 8.42 Å². The first-order valence-corrected chi connectivity index (χ1v) is 6.04. The third-order valence-electron chi connectivity index (χ3n) is 1.67. The second kappa shape index (κ2) is 4.39. The van der Waals surface area contributed by atoms with Crippen molar-refractivity contribution in [2.75, 3.05) is 18.8 Å². The van der Waals surface area contributed by atoms with E-state index < -0.39 is 15.6 Å². The van der Waals surface area contributed by atoms with Crippen molar-refractivity contribution in [2.24, 2.45) is 0 Å². The zero-order chi connectivity index (χ0) is 10.7. The average Bonchev–Trinajstić information content (AvgIpc) is 1.98. The van der Waals surface area contributed by atoms with Crippen LogP contribution >= 0.6 is 0 Å². The Morgan fingerprint density at radius 3 is 2.00 bits per heavy atom. The molecule has 0 aliphatic carbocycles. The molecule has 0 rings (SSSR count). The highest BCUT2D eigenvalue weighted by Crippen LogP contribution is 2.09. The molecule has 0 aromatic carbocycles. The van der Waals surface area contributed by atoms with Crippen LogP contribution in [0.25, 0.3) is 0 Å². The van der Waals surface area contributed by atoms with Gasteiger partial charge in [0, 0.05) is 13.1 Å². The van der Waals surface area contributed by atoms with Crippen LogP contribution in [0.15, 0.2) is 0 Å². The molecule has 0 aromatic heterocycles. The standard InChI is InChI=1S/C8H19NO3S/c1-5-9(7-8(3,4)10)13(11,12)6-2/h10H,5-7H2,1-4H3. The van der Waals surface area contributed by atoms with E-state index in [4.69, 9.17) is 0 Å². The maximum atomic E-state index is 11.4. The van der Waals surface area contributed by atoms with E-state index in [0.717, 1.165) is 0 Å². The van der Waals surface area contributed by atoms with Crippen LogP contribution in [0, 0.1) is 0 Å². The van der Waals surface area contributed by atoms with Crippen LogP contribution < -0.4 is 0 Å². The van der Waals surface area contributed by atoms with Gasteiger partial charge in [-0.2, -0.15) is 4.31 Å². The Kier molecular flexibility index (Phi) is 4.35. The molecule has 4 nitrogen and oxygen atoms in total. The van der Waals surface area contributed by atoms with Crippen molar-refractivity contribution in [2.45, 2.75) is 33.3 Å². The Morgan fingerprint density at radius 2 is 1.77 bits per heavy atom. The number of hydrogen-bond acceptors (Lipinski definition) is 3. The molecule has 0 aliphatic heterocycles. The molecule has 0 heterocycles. The number of aliphatic hydroxyl groups is 1. The van der Waals surface area contributed by atoms with E-state index in [-0.39, 0.29) is 12.3 Å². The molecule has 0 fully saturated rings. The number of rotatable bonds is 5. The zero-order valence-corrected chi connectivity index (χ0v) is 9.56. The molecule has 0 spiro atoms. The monoisotopic (exact) mass is 209 g/mol. The quantitative estimate of drug-likeness (QED) is 0.714. The summed E-state index contributed by atoms with van der Waals surface area (Å²) < 4.78 is 24.1. The first-order valence-electron chi connectivity index (χ1n) is 4.43. The van der Waals surface area contributed by atoms with Crippen molar-refractivity contribution in [1.29, 1.82) is 0 Å². The molecule has 0 atom stereocenters. The summed E-state index contributed by atoms with van der Waals surface area (Å²) in [5.74, 6) is 0.0803. The van der Waals surface area contributed by atoms with Gasteiger partial charge < -0.3 is 5.11 Å². The summed E-state index contributed by atoms with van der Waals surface area (Å²) in [5, 5.41) is 9.47. The van der Waals surface area contributed by atoms with Gasteiger partial charge in [-0.1, -0.05) is 6.92 Å². The second-order valence-corrected chi connectivity index (χ2v) is 5.90. The molecule has 0 aliphatic rings. The second-order valence-electron chi connectivity index (χ2n) is 3.64. The van der Waals surface area contributed by atoms with E-state index >= 15 is 0 Å². The molecule has 80 valence electrons. The van der Waals surface area contributed by atoms with E-state index in [0.29, 0.717) is 6.54 Å². The molecule has 5 heteroatoms. The minimum absolute atomic E-state index is 0.0803.